The third kappa shape index (κ3) is 4.44. The fourth-order valence-corrected chi connectivity index (χ4v) is 4.67. The summed E-state index contributed by atoms with van der Waals surface area (Å²) >= 11 is 0. The Bertz CT molecular complexity index is 1260. The molecule has 2 aliphatic rings. The predicted octanol–water partition coefficient (Wildman–Crippen LogP) is 3.12. The van der Waals surface area contributed by atoms with Crippen molar-refractivity contribution in [1.82, 2.24) is 10.3 Å². The number of pyridine rings is 1. The highest BCUT2D eigenvalue weighted by Gasteiger charge is 2.31. The van der Waals surface area contributed by atoms with Gasteiger partial charge in [-0.1, -0.05) is 6.07 Å². The first-order chi connectivity index (χ1) is 16.5. The molecule has 2 aromatic carbocycles. The van der Waals surface area contributed by atoms with Crippen molar-refractivity contribution < 1.29 is 14.4 Å². The SMILES string of the molecule is Nc1ccc2ccc(C(=O)NCC3CC(=O)N(c4ccc(N5CCCCC5=O)cc4)C3)cc2n1. The van der Waals surface area contributed by atoms with E-state index < -0.39 is 0 Å². The Morgan fingerprint density at radius 2 is 1.71 bits per heavy atom. The first-order valence-electron chi connectivity index (χ1n) is 11.6. The Morgan fingerprint density at radius 1 is 0.971 bits per heavy atom. The number of carbonyl (C=O) groups is 3. The molecule has 0 saturated carbocycles. The summed E-state index contributed by atoms with van der Waals surface area (Å²) in [7, 11) is 0. The van der Waals surface area contributed by atoms with Crippen LogP contribution in [0.25, 0.3) is 10.9 Å². The summed E-state index contributed by atoms with van der Waals surface area (Å²) in [4.78, 5) is 45.3. The van der Waals surface area contributed by atoms with Gasteiger partial charge in [-0.05, 0) is 61.4 Å². The van der Waals surface area contributed by atoms with Crippen molar-refractivity contribution in [2.45, 2.75) is 25.7 Å². The molecule has 1 aromatic heterocycles. The lowest BCUT2D eigenvalue weighted by Gasteiger charge is -2.27. The van der Waals surface area contributed by atoms with Crippen LogP contribution in [0.2, 0.25) is 0 Å². The van der Waals surface area contributed by atoms with Crippen LogP contribution in [0.5, 0.6) is 0 Å². The Hall–Kier alpha value is -3.94. The van der Waals surface area contributed by atoms with Crippen LogP contribution in [0.15, 0.2) is 54.6 Å². The molecule has 1 atom stereocenters. The quantitative estimate of drug-likeness (QED) is 0.612. The summed E-state index contributed by atoms with van der Waals surface area (Å²) in [6, 6.07) is 16.5. The van der Waals surface area contributed by atoms with Crippen LogP contribution in [0.3, 0.4) is 0 Å². The van der Waals surface area contributed by atoms with Gasteiger partial charge in [0.15, 0.2) is 0 Å². The van der Waals surface area contributed by atoms with Crippen molar-refractivity contribution in [3.8, 4) is 0 Å². The molecule has 8 nitrogen and oxygen atoms in total. The molecular weight excluding hydrogens is 430 g/mol. The van der Waals surface area contributed by atoms with E-state index in [1.54, 1.807) is 23.1 Å². The van der Waals surface area contributed by atoms with E-state index in [9.17, 15) is 14.4 Å². The molecule has 3 heterocycles. The van der Waals surface area contributed by atoms with E-state index in [0.717, 1.165) is 36.1 Å². The number of hydrogen-bond donors (Lipinski definition) is 2. The average Bonchev–Trinajstić information content (AvgIpc) is 3.23. The number of nitrogens with zero attached hydrogens (tertiary/aromatic N) is 3. The van der Waals surface area contributed by atoms with Gasteiger partial charge in [0.1, 0.15) is 5.82 Å². The number of aromatic nitrogens is 1. The molecule has 0 aliphatic carbocycles. The molecule has 0 bridgehead atoms. The fourth-order valence-electron chi connectivity index (χ4n) is 4.67. The van der Waals surface area contributed by atoms with E-state index in [4.69, 9.17) is 5.73 Å². The summed E-state index contributed by atoms with van der Waals surface area (Å²) in [6.07, 6.45) is 2.92. The van der Waals surface area contributed by atoms with Crippen LogP contribution in [0.1, 0.15) is 36.0 Å². The van der Waals surface area contributed by atoms with Crippen LogP contribution in [-0.2, 0) is 9.59 Å². The minimum Gasteiger partial charge on any atom is -0.384 e. The largest absolute Gasteiger partial charge is 0.384 e. The number of rotatable bonds is 5. The minimum atomic E-state index is -0.201. The maximum Gasteiger partial charge on any atom is 0.251 e. The van der Waals surface area contributed by atoms with E-state index >= 15 is 0 Å². The summed E-state index contributed by atoms with van der Waals surface area (Å²) in [5.41, 5.74) is 8.61. The Morgan fingerprint density at radius 3 is 2.47 bits per heavy atom. The summed E-state index contributed by atoms with van der Waals surface area (Å²) in [6.45, 7) is 1.68. The number of carbonyl (C=O) groups excluding carboxylic acids is 3. The number of hydrogen-bond acceptors (Lipinski definition) is 5. The standard InChI is InChI=1S/C26H27N5O3/c27-23-11-6-18-4-5-19(14-22(18)29-23)26(34)28-15-17-13-25(33)31(16-17)21-9-7-20(8-10-21)30-12-2-1-3-24(30)32/h4-11,14,17H,1-3,12-13,15-16H2,(H2,27,29)(H,28,34). The highest BCUT2D eigenvalue weighted by Crippen LogP contribution is 2.28. The van der Waals surface area contributed by atoms with Crippen LogP contribution >= 0.6 is 0 Å². The van der Waals surface area contributed by atoms with E-state index in [1.807, 2.05) is 41.3 Å². The molecule has 5 rings (SSSR count). The number of piperidine rings is 1. The molecule has 0 radical (unpaired) electrons. The van der Waals surface area contributed by atoms with Crippen molar-refractivity contribution in [3.63, 3.8) is 0 Å². The molecule has 2 fully saturated rings. The second-order valence-corrected chi connectivity index (χ2v) is 8.95. The molecule has 3 aromatic rings. The average molecular weight is 458 g/mol. The van der Waals surface area contributed by atoms with Gasteiger partial charge in [0.05, 0.1) is 5.52 Å². The zero-order valence-corrected chi connectivity index (χ0v) is 18.9. The number of nitrogens with two attached hydrogens (primary N) is 1. The van der Waals surface area contributed by atoms with Gasteiger partial charge in [0.2, 0.25) is 11.8 Å². The number of amides is 3. The van der Waals surface area contributed by atoms with E-state index in [0.29, 0.717) is 42.8 Å². The lowest BCUT2D eigenvalue weighted by Crippen LogP contribution is -2.35. The van der Waals surface area contributed by atoms with Crippen LogP contribution in [0, 0.1) is 5.92 Å². The number of anilines is 3. The number of nitrogen functional groups attached to an aromatic ring is 1. The van der Waals surface area contributed by atoms with E-state index in [1.165, 1.54) is 0 Å². The molecule has 34 heavy (non-hydrogen) atoms. The molecule has 3 amide bonds. The van der Waals surface area contributed by atoms with Crippen molar-refractivity contribution in [2.75, 3.05) is 35.2 Å². The molecule has 8 heteroatoms. The lowest BCUT2D eigenvalue weighted by molar-refractivity contribution is -0.119. The van der Waals surface area contributed by atoms with Gasteiger partial charge in [-0.2, -0.15) is 0 Å². The summed E-state index contributed by atoms with van der Waals surface area (Å²) in [5.74, 6) is 0.413. The van der Waals surface area contributed by atoms with Gasteiger partial charge in [-0.25, -0.2) is 4.98 Å². The molecule has 2 aliphatic heterocycles. The highest BCUT2D eigenvalue weighted by atomic mass is 16.2. The smallest absolute Gasteiger partial charge is 0.251 e. The molecular formula is C26H27N5O3. The highest BCUT2D eigenvalue weighted by molar-refractivity contribution is 5.99. The van der Waals surface area contributed by atoms with E-state index in [2.05, 4.69) is 10.3 Å². The van der Waals surface area contributed by atoms with Crippen molar-refractivity contribution in [2.24, 2.45) is 5.92 Å². The lowest BCUT2D eigenvalue weighted by atomic mass is 10.1. The normalized spacial score (nSPS) is 18.5. The zero-order valence-electron chi connectivity index (χ0n) is 18.9. The summed E-state index contributed by atoms with van der Waals surface area (Å²) in [5, 5.41) is 3.86. The topological polar surface area (TPSA) is 109 Å². The second-order valence-electron chi connectivity index (χ2n) is 8.95. The fraction of sp³-hybridized carbons (Fsp3) is 0.308. The van der Waals surface area contributed by atoms with Gasteiger partial charge in [0.25, 0.3) is 5.91 Å². The Balaban J connectivity index is 1.20. The maximum atomic E-state index is 12.7. The maximum absolute atomic E-state index is 12.7. The third-order valence-corrected chi connectivity index (χ3v) is 6.53. The second kappa shape index (κ2) is 9.13. The van der Waals surface area contributed by atoms with Gasteiger partial charge in [-0.15, -0.1) is 0 Å². The first kappa shape index (κ1) is 21.9. The molecule has 1 unspecified atom stereocenters. The monoisotopic (exact) mass is 457 g/mol. The van der Waals surface area contributed by atoms with Crippen LogP contribution in [-0.4, -0.2) is 42.3 Å². The van der Waals surface area contributed by atoms with Crippen LogP contribution in [0.4, 0.5) is 17.2 Å². The molecule has 2 saturated heterocycles. The number of nitrogens with one attached hydrogen (secondary N) is 1. The molecule has 174 valence electrons. The van der Waals surface area contributed by atoms with Gasteiger partial charge in [-0.3, -0.25) is 14.4 Å². The van der Waals surface area contributed by atoms with Crippen LogP contribution < -0.4 is 20.9 Å². The van der Waals surface area contributed by atoms with Crippen molar-refractivity contribution in [3.05, 3.63) is 60.2 Å². The molecule has 0 spiro atoms. The van der Waals surface area contributed by atoms with Crippen molar-refractivity contribution >= 4 is 45.8 Å². The van der Waals surface area contributed by atoms with Gasteiger partial charge in [0, 0.05) is 60.7 Å². The Labute approximate surface area is 197 Å². The Kier molecular flexibility index (Phi) is 5.88. The predicted molar refractivity (Wildman–Crippen MR) is 132 cm³/mol. The minimum absolute atomic E-state index is 0.0222. The molecule has 3 N–H and O–H groups in total. The number of benzene rings is 2. The van der Waals surface area contributed by atoms with Crippen molar-refractivity contribution in [1.29, 1.82) is 0 Å². The first-order valence-corrected chi connectivity index (χ1v) is 11.6. The number of fused-ring (bicyclic) bond motifs is 1. The summed E-state index contributed by atoms with van der Waals surface area (Å²) < 4.78 is 0. The van der Waals surface area contributed by atoms with Gasteiger partial charge < -0.3 is 20.9 Å². The zero-order chi connectivity index (χ0) is 23.7. The van der Waals surface area contributed by atoms with E-state index in [-0.39, 0.29) is 23.6 Å². The van der Waals surface area contributed by atoms with Gasteiger partial charge >= 0.3 is 0 Å². The third-order valence-electron chi connectivity index (χ3n) is 6.53.